The maximum Gasteiger partial charge on any atom is 0.231 e. The molecule has 0 unspecified atom stereocenters. The van der Waals surface area contributed by atoms with Crippen LogP contribution in [0.25, 0.3) is 0 Å². The van der Waals surface area contributed by atoms with Gasteiger partial charge in [-0.05, 0) is 12.1 Å². The van der Waals surface area contributed by atoms with Crippen LogP contribution in [0.2, 0.25) is 0 Å². The van der Waals surface area contributed by atoms with Gasteiger partial charge in [0.05, 0.1) is 13.2 Å². The molecular formula is C13H17FN2O3. The number of amides is 1. The number of carbonyl (C=O) groups excluding carboxylic acids is 1. The molecule has 0 saturated carbocycles. The molecule has 0 aromatic heterocycles. The number of benzene rings is 1. The van der Waals surface area contributed by atoms with E-state index < -0.39 is 0 Å². The number of rotatable bonds is 5. The number of primary amides is 1. The Morgan fingerprint density at radius 3 is 3.16 bits per heavy atom. The van der Waals surface area contributed by atoms with Crippen LogP contribution in [0.5, 0.6) is 5.75 Å². The zero-order valence-corrected chi connectivity index (χ0v) is 10.5. The van der Waals surface area contributed by atoms with Crippen molar-refractivity contribution in [1.82, 2.24) is 4.90 Å². The Balaban J connectivity index is 1.81. The number of carbonyl (C=O) groups is 1. The van der Waals surface area contributed by atoms with Crippen molar-refractivity contribution < 1.29 is 18.7 Å². The van der Waals surface area contributed by atoms with Crippen molar-refractivity contribution in [2.75, 3.05) is 32.8 Å². The molecule has 0 bridgehead atoms. The summed E-state index contributed by atoms with van der Waals surface area (Å²) in [5, 5.41) is 0. The van der Waals surface area contributed by atoms with Crippen molar-refractivity contribution in [3.63, 3.8) is 0 Å². The maximum absolute atomic E-state index is 13.0. The minimum atomic E-state index is -0.355. The topological polar surface area (TPSA) is 64.8 Å². The summed E-state index contributed by atoms with van der Waals surface area (Å²) in [6.07, 6.45) is -0.142. The molecule has 1 aliphatic heterocycles. The monoisotopic (exact) mass is 268 g/mol. The van der Waals surface area contributed by atoms with Crippen LogP contribution < -0.4 is 10.5 Å². The summed E-state index contributed by atoms with van der Waals surface area (Å²) in [6.45, 7) is 2.33. The van der Waals surface area contributed by atoms with Crippen molar-refractivity contribution in [2.45, 2.75) is 6.10 Å². The minimum absolute atomic E-state index is 0.142. The lowest BCUT2D eigenvalue weighted by atomic mass is 10.2. The first kappa shape index (κ1) is 13.8. The highest BCUT2D eigenvalue weighted by molar-refractivity contribution is 5.75. The van der Waals surface area contributed by atoms with E-state index in [0.717, 1.165) is 0 Å². The molecule has 0 radical (unpaired) electrons. The van der Waals surface area contributed by atoms with Gasteiger partial charge in [-0.1, -0.05) is 6.07 Å². The average Bonchev–Trinajstić information content (AvgIpc) is 2.36. The Labute approximate surface area is 111 Å². The standard InChI is InChI=1S/C13H17FN2O3/c14-10-2-1-3-11(6-10)19-9-12-7-16(4-5-18-12)8-13(15)17/h1-3,6,12H,4-5,7-9H2,(H2,15,17)/t12-/m1/s1. The quantitative estimate of drug-likeness (QED) is 0.839. The lowest BCUT2D eigenvalue weighted by Gasteiger charge is -2.31. The summed E-state index contributed by atoms with van der Waals surface area (Å²) in [6, 6.07) is 5.96. The van der Waals surface area contributed by atoms with Crippen LogP contribution in [0.1, 0.15) is 0 Å². The molecule has 6 heteroatoms. The number of hydrogen-bond acceptors (Lipinski definition) is 4. The van der Waals surface area contributed by atoms with Crippen LogP contribution in [0, 0.1) is 5.82 Å². The number of nitrogens with two attached hydrogens (primary N) is 1. The van der Waals surface area contributed by atoms with Gasteiger partial charge in [0, 0.05) is 19.2 Å². The molecule has 0 spiro atoms. The van der Waals surface area contributed by atoms with Crippen LogP contribution in [0.15, 0.2) is 24.3 Å². The van der Waals surface area contributed by atoms with Crippen molar-refractivity contribution in [3.05, 3.63) is 30.1 Å². The van der Waals surface area contributed by atoms with Gasteiger partial charge in [-0.25, -0.2) is 4.39 Å². The largest absolute Gasteiger partial charge is 0.491 e. The van der Waals surface area contributed by atoms with Gasteiger partial charge >= 0.3 is 0 Å². The van der Waals surface area contributed by atoms with Gasteiger partial charge in [-0.3, -0.25) is 9.69 Å². The fraction of sp³-hybridized carbons (Fsp3) is 0.462. The molecule has 1 aromatic carbocycles. The molecule has 104 valence electrons. The summed E-state index contributed by atoms with van der Waals surface area (Å²) in [7, 11) is 0. The molecule has 2 N–H and O–H groups in total. The number of ether oxygens (including phenoxy) is 2. The van der Waals surface area contributed by atoms with Gasteiger partial charge < -0.3 is 15.2 Å². The molecule has 1 aromatic rings. The van der Waals surface area contributed by atoms with Gasteiger partial charge in [0.25, 0.3) is 0 Å². The third-order valence-corrected chi connectivity index (χ3v) is 2.83. The lowest BCUT2D eigenvalue weighted by Crippen LogP contribution is -2.47. The van der Waals surface area contributed by atoms with Crippen LogP contribution >= 0.6 is 0 Å². The van der Waals surface area contributed by atoms with Crippen molar-refractivity contribution in [3.8, 4) is 5.75 Å². The van der Waals surface area contributed by atoms with Crippen LogP contribution in [0.4, 0.5) is 4.39 Å². The molecule has 1 atom stereocenters. The molecule has 19 heavy (non-hydrogen) atoms. The summed E-state index contributed by atoms with van der Waals surface area (Å²) < 4.78 is 24.0. The molecule has 2 rings (SSSR count). The van der Waals surface area contributed by atoms with Crippen molar-refractivity contribution >= 4 is 5.91 Å². The zero-order valence-electron chi connectivity index (χ0n) is 10.5. The van der Waals surface area contributed by atoms with E-state index in [0.29, 0.717) is 32.1 Å². The molecule has 1 saturated heterocycles. The van der Waals surface area contributed by atoms with Gasteiger partial charge in [-0.2, -0.15) is 0 Å². The third kappa shape index (κ3) is 4.50. The summed E-state index contributed by atoms with van der Waals surface area (Å²) >= 11 is 0. The second kappa shape index (κ2) is 6.49. The van der Waals surface area contributed by atoms with Gasteiger partial charge in [0.1, 0.15) is 24.3 Å². The smallest absolute Gasteiger partial charge is 0.231 e. The van der Waals surface area contributed by atoms with E-state index in [1.165, 1.54) is 12.1 Å². The SMILES string of the molecule is NC(=O)CN1CCO[C@@H](COc2cccc(F)c2)C1. The normalized spacial score (nSPS) is 20.2. The number of hydrogen-bond donors (Lipinski definition) is 1. The van der Waals surface area contributed by atoms with Crippen molar-refractivity contribution in [2.24, 2.45) is 5.73 Å². The Morgan fingerprint density at radius 1 is 1.58 bits per heavy atom. The first-order chi connectivity index (χ1) is 9.13. The Hall–Kier alpha value is -1.66. The van der Waals surface area contributed by atoms with Crippen LogP contribution in [-0.4, -0.2) is 49.8 Å². The molecule has 5 nitrogen and oxygen atoms in total. The fourth-order valence-electron chi connectivity index (χ4n) is 1.99. The lowest BCUT2D eigenvalue weighted by molar-refractivity contribution is -0.121. The Bertz CT molecular complexity index is 442. The molecule has 1 aliphatic rings. The van der Waals surface area contributed by atoms with Gasteiger partial charge in [0.15, 0.2) is 0 Å². The number of nitrogens with zero attached hydrogens (tertiary/aromatic N) is 1. The van der Waals surface area contributed by atoms with E-state index >= 15 is 0 Å². The summed E-state index contributed by atoms with van der Waals surface area (Å²) in [4.78, 5) is 12.8. The molecule has 1 amide bonds. The highest BCUT2D eigenvalue weighted by Crippen LogP contribution is 2.13. The average molecular weight is 268 g/mol. The van der Waals surface area contributed by atoms with E-state index in [1.54, 1.807) is 12.1 Å². The van der Waals surface area contributed by atoms with E-state index in [1.807, 2.05) is 4.90 Å². The predicted octanol–water partition coefficient (Wildman–Crippen LogP) is 0.391. The number of halogens is 1. The maximum atomic E-state index is 13.0. The van der Waals surface area contributed by atoms with E-state index in [4.69, 9.17) is 15.2 Å². The Kier molecular flexibility index (Phi) is 4.70. The van der Waals surface area contributed by atoms with E-state index in [2.05, 4.69) is 0 Å². The second-order valence-electron chi connectivity index (χ2n) is 4.46. The van der Waals surface area contributed by atoms with Gasteiger partial charge in [0.2, 0.25) is 5.91 Å². The molecule has 1 fully saturated rings. The number of morpholine rings is 1. The zero-order chi connectivity index (χ0) is 13.7. The first-order valence-electron chi connectivity index (χ1n) is 6.14. The highest BCUT2D eigenvalue weighted by Gasteiger charge is 2.22. The second-order valence-corrected chi connectivity index (χ2v) is 4.46. The fourth-order valence-corrected chi connectivity index (χ4v) is 1.99. The summed E-state index contributed by atoms with van der Waals surface area (Å²) in [5.41, 5.74) is 5.16. The van der Waals surface area contributed by atoms with Crippen LogP contribution in [0.3, 0.4) is 0 Å². The third-order valence-electron chi connectivity index (χ3n) is 2.83. The summed E-state index contributed by atoms with van der Waals surface area (Å²) in [5.74, 6) is -0.222. The first-order valence-corrected chi connectivity index (χ1v) is 6.14. The minimum Gasteiger partial charge on any atom is -0.491 e. The highest BCUT2D eigenvalue weighted by atomic mass is 19.1. The predicted molar refractivity (Wildman–Crippen MR) is 67.3 cm³/mol. The molecule has 1 heterocycles. The molecule has 0 aliphatic carbocycles. The van der Waals surface area contributed by atoms with E-state index in [9.17, 15) is 9.18 Å². The molecular weight excluding hydrogens is 251 g/mol. The van der Waals surface area contributed by atoms with Crippen LogP contribution in [-0.2, 0) is 9.53 Å². The van der Waals surface area contributed by atoms with Gasteiger partial charge in [-0.15, -0.1) is 0 Å². The van der Waals surface area contributed by atoms with Crippen molar-refractivity contribution in [1.29, 1.82) is 0 Å². The van der Waals surface area contributed by atoms with E-state index in [-0.39, 0.29) is 24.4 Å². The Morgan fingerprint density at radius 2 is 2.42 bits per heavy atom.